The number of nitrogens with zero attached hydrogens (tertiary/aromatic N) is 4. The predicted octanol–water partition coefficient (Wildman–Crippen LogP) is 3.04. The van der Waals surface area contributed by atoms with Crippen LogP contribution >= 0.6 is 23.1 Å². The molecule has 0 saturated carbocycles. The Bertz CT molecular complexity index is 1010. The summed E-state index contributed by atoms with van der Waals surface area (Å²) in [7, 11) is 1.71. The van der Waals surface area contributed by atoms with Gasteiger partial charge in [-0.1, -0.05) is 30.0 Å². The number of rotatable bonds is 4. The van der Waals surface area contributed by atoms with Gasteiger partial charge in [0.2, 0.25) is 0 Å². The van der Waals surface area contributed by atoms with Crippen molar-refractivity contribution in [3.05, 3.63) is 47.5 Å². The number of benzene rings is 1. The Kier molecular flexibility index (Phi) is 4.71. The van der Waals surface area contributed by atoms with Crippen LogP contribution in [0.5, 0.6) is 0 Å². The van der Waals surface area contributed by atoms with Crippen LogP contribution < -0.4 is 0 Å². The molecule has 0 bridgehead atoms. The summed E-state index contributed by atoms with van der Waals surface area (Å²) in [6, 6.07) is 9.27. The Hall–Kier alpha value is -2.29. The Balaban J connectivity index is 1.67. The van der Waals surface area contributed by atoms with Crippen LogP contribution in [0, 0.1) is 0 Å². The maximum absolute atomic E-state index is 12.4. The lowest BCUT2D eigenvalue weighted by atomic mass is 9.90. The smallest absolute Gasteiger partial charge is 0.258 e. The van der Waals surface area contributed by atoms with Crippen LogP contribution in [0.1, 0.15) is 12.0 Å². The normalized spacial score (nSPS) is 19.7. The molecule has 1 saturated heterocycles. The van der Waals surface area contributed by atoms with E-state index in [2.05, 4.69) is 9.97 Å². The van der Waals surface area contributed by atoms with E-state index in [0.29, 0.717) is 23.7 Å². The zero-order valence-electron chi connectivity index (χ0n) is 14.9. The molecule has 8 heteroatoms. The number of hydrogen-bond acceptors (Lipinski definition) is 7. The standard InChI is InChI=1S/C19H18N4O2S2/c1-23-9-7-19(25,17(23)24)13-5-3-4-12(10-13)15-11-27-16(21-15)14-6-8-20-18(22-14)26-2/h3-6,8,10-11,25H,7,9H2,1-2H3. The molecule has 4 rings (SSSR count). The average Bonchev–Trinajstić information content (AvgIpc) is 3.30. The second kappa shape index (κ2) is 7.03. The molecular formula is C19H18N4O2S2. The molecular weight excluding hydrogens is 380 g/mol. The molecule has 1 atom stereocenters. The first-order valence-electron chi connectivity index (χ1n) is 8.43. The van der Waals surface area contributed by atoms with Crippen molar-refractivity contribution in [3.8, 4) is 22.0 Å². The van der Waals surface area contributed by atoms with Gasteiger partial charge in [-0.3, -0.25) is 4.79 Å². The lowest BCUT2D eigenvalue weighted by Gasteiger charge is -2.21. The average molecular weight is 399 g/mol. The minimum absolute atomic E-state index is 0.260. The van der Waals surface area contributed by atoms with E-state index in [9.17, 15) is 9.90 Å². The third-order valence-corrected chi connectivity index (χ3v) is 6.11. The van der Waals surface area contributed by atoms with Crippen LogP contribution in [-0.2, 0) is 10.4 Å². The van der Waals surface area contributed by atoms with Crippen LogP contribution in [-0.4, -0.2) is 50.7 Å². The largest absolute Gasteiger partial charge is 0.375 e. The molecule has 0 aliphatic carbocycles. The van der Waals surface area contributed by atoms with Gasteiger partial charge in [0.05, 0.1) is 5.69 Å². The number of thioether (sulfide) groups is 1. The van der Waals surface area contributed by atoms with E-state index in [4.69, 9.17) is 4.98 Å². The maximum atomic E-state index is 12.4. The second-order valence-corrected chi connectivity index (χ2v) is 8.02. The topological polar surface area (TPSA) is 79.2 Å². The highest BCUT2D eigenvalue weighted by atomic mass is 32.2. The molecule has 1 N–H and O–H groups in total. The van der Waals surface area contributed by atoms with Crippen molar-refractivity contribution in [1.82, 2.24) is 19.9 Å². The highest BCUT2D eigenvalue weighted by Gasteiger charge is 2.45. The number of aliphatic hydroxyl groups is 1. The van der Waals surface area contributed by atoms with Gasteiger partial charge in [0, 0.05) is 37.2 Å². The first-order valence-corrected chi connectivity index (χ1v) is 10.5. The number of likely N-dealkylation sites (N-methyl/N-ethyl adjacent to an activating group) is 1. The summed E-state index contributed by atoms with van der Waals surface area (Å²) in [5, 5.41) is 14.4. The highest BCUT2D eigenvalue weighted by molar-refractivity contribution is 7.98. The Morgan fingerprint density at radius 2 is 2.11 bits per heavy atom. The van der Waals surface area contributed by atoms with E-state index in [1.807, 2.05) is 35.9 Å². The van der Waals surface area contributed by atoms with Crippen molar-refractivity contribution in [3.63, 3.8) is 0 Å². The summed E-state index contributed by atoms with van der Waals surface area (Å²) in [5.41, 5.74) is 1.60. The van der Waals surface area contributed by atoms with Gasteiger partial charge in [0.25, 0.3) is 5.91 Å². The number of carbonyl (C=O) groups is 1. The minimum atomic E-state index is -1.45. The fraction of sp³-hybridized carbons (Fsp3) is 0.263. The summed E-state index contributed by atoms with van der Waals surface area (Å²) >= 11 is 2.99. The molecule has 1 unspecified atom stereocenters. The van der Waals surface area contributed by atoms with E-state index in [-0.39, 0.29) is 5.91 Å². The van der Waals surface area contributed by atoms with E-state index in [0.717, 1.165) is 22.0 Å². The molecule has 3 heterocycles. The van der Waals surface area contributed by atoms with Crippen molar-refractivity contribution < 1.29 is 9.90 Å². The van der Waals surface area contributed by atoms with Crippen LogP contribution in [0.4, 0.5) is 0 Å². The van der Waals surface area contributed by atoms with Crippen molar-refractivity contribution in [2.75, 3.05) is 19.8 Å². The van der Waals surface area contributed by atoms with Gasteiger partial charge in [-0.2, -0.15) is 0 Å². The van der Waals surface area contributed by atoms with Crippen LogP contribution in [0.3, 0.4) is 0 Å². The molecule has 1 aromatic carbocycles. The molecule has 3 aromatic rings. The van der Waals surface area contributed by atoms with Gasteiger partial charge in [-0.15, -0.1) is 11.3 Å². The summed E-state index contributed by atoms with van der Waals surface area (Å²) < 4.78 is 0. The fourth-order valence-electron chi connectivity index (χ4n) is 3.14. The van der Waals surface area contributed by atoms with Crippen molar-refractivity contribution >= 4 is 29.0 Å². The SMILES string of the molecule is CSc1nccc(-c2nc(-c3cccc(C4(O)CCN(C)C4=O)c3)cs2)n1. The van der Waals surface area contributed by atoms with Crippen LogP contribution in [0.25, 0.3) is 22.0 Å². The van der Waals surface area contributed by atoms with E-state index < -0.39 is 5.60 Å². The third-order valence-electron chi connectivity index (χ3n) is 4.68. The lowest BCUT2D eigenvalue weighted by molar-refractivity contribution is -0.143. The van der Waals surface area contributed by atoms with Gasteiger partial charge in [-0.05, 0) is 24.0 Å². The zero-order valence-corrected chi connectivity index (χ0v) is 16.5. The predicted molar refractivity (Wildman–Crippen MR) is 107 cm³/mol. The van der Waals surface area contributed by atoms with Gasteiger partial charge >= 0.3 is 0 Å². The molecule has 1 aliphatic heterocycles. The first-order chi connectivity index (χ1) is 13.0. The Labute approximate surface area is 165 Å². The zero-order chi connectivity index (χ0) is 19.0. The minimum Gasteiger partial charge on any atom is -0.375 e. The van der Waals surface area contributed by atoms with Gasteiger partial charge in [-0.25, -0.2) is 15.0 Å². The van der Waals surface area contributed by atoms with Crippen molar-refractivity contribution in [2.45, 2.75) is 17.2 Å². The summed E-state index contributed by atoms with van der Waals surface area (Å²) in [6.45, 7) is 0.548. The molecule has 1 amide bonds. The number of hydrogen-bond donors (Lipinski definition) is 1. The summed E-state index contributed by atoms with van der Waals surface area (Å²) in [6.07, 6.45) is 4.06. The Morgan fingerprint density at radius 3 is 2.85 bits per heavy atom. The lowest BCUT2D eigenvalue weighted by Crippen LogP contribution is -2.36. The monoisotopic (exact) mass is 398 g/mol. The quantitative estimate of drug-likeness (QED) is 0.538. The van der Waals surface area contributed by atoms with Crippen LogP contribution in [0.2, 0.25) is 0 Å². The molecule has 6 nitrogen and oxygen atoms in total. The maximum Gasteiger partial charge on any atom is 0.258 e. The molecule has 1 fully saturated rings. The van der Waals surface area contributed by atoms with E-state index in [1.165, 1.54) is 23.1 Å². The molecule has 1 aliphatic rings. The highest BCUT2D eigenvalue weighted by Crippen LogP contribution is 2.35. The van der Waals surface area contributed by atoms with Crippen molar-refractivity contribution in [1.29, 1.82) is 0 Å². The van der Waals surface area contributed by atoms with E-state index >= 15 is 0 Å². The number of thiazole rings is 1. The molecule has 0 spiro atoms. The molecule has 27 heavy (non-hydrogen) atoms. The van der Waals surface area contributed by atoms with Crippen LogP contribution in [0.15, 0.2) is 47.1 Å². The number of likely N-dealkylation sites (tertiary alicyclic amines) is 1. The first kappa shape index (κ1) is 18.1. The van der Waals surface area contributed by atoms with Crippen molar-refractivity contribution in [2.24, 2.45) is 0 Å². The number of carbonyl (C=O) groups excluding carboxylic acids is 1. The molecule has 2 aromatic heterocycles. The van der Waals surface area contributed by atoms with Gasteiger partial charge in [0.1, 0.15) is 10.7 Å². The third kappa shape index (κ3) is 3.24. The molecule has 138 valence electrons. The number of aromatic nitrogens is 3. The molecule has 0 radical (unpaired) electrons. The van der Waals surface area contributed by atoms with Gasteiger partial charge < -0.3 is 10.0 Å². The fourth-order valence-corrected chi connectivity index (χ4v) is 4.29. The summed E-state index contributed by atoms with van der Waals surface area (Å²) in [5.74, 6) is -0.260. The Morgan fingerprint density at radius 1 is 1.26 bits per heavy atom. The summed E-state index contributed by atoms with van der Waals surface area (Å²) in [4.78, 5) is 27.3. The van der Waals surface area contributed by atoms with E-state index in [1.54, 1.807) is 24.2 Å². The number of amides is 1. The second-order valence-electron chi connectivity index (χ2n) is 6.38. The van der Waals surface area contributed by atoms with Gasteiger partial charge in [0.15, 0.2) is 10.8 Å².